The zero-order valence-electron chi connectivity index (χ0n) is 10.3. The Hall–Kier alpha value is -0.120. The lowest BCUT2D eigenvalue weighted by molar-refractivity contribution is -0.183. The molecule has 0 saturated heterocycles. The van der Waals surface area contributed by atoms with Crippen LogP contribution in [0.5, 0.6) is 0 Å². The average molecular weight is 392 g/mol. The van der Waals surface area contributed by atoms with Crippen LogP contribution in [0.1, 0.15) is 25.7 Å². The Labute approximate surface area is 127 Å². The molecule has 114 valence electrons. The Morgan fingerprint density at radius 3 is 2.60 bits per heavy atom. The summed E-state index contributed by atoms with van der Waals surface area (Å²) in [4.78, 5) is 0. The summed E-state index contributed by atoms with van der Waals surface area (Å²) in [6, 6.07) is 0.938. The van der Waals surface area contributed by atoms with Crippen molar-refractivity contribution in [1.29, 1.82) is 0 Å². The Bertz CT molecular complexity index is 570. The van der Waals surface area contributed by atoms with Gasteiger partial charge in [-0.05, 0) is 46.6 Å². The first kappa shape index (κ1) is 16.3. The molecule has 2 atom stereocenters. The van der Waals surface area contributed by atoms with Crippen molar-refractivity contribution in [3.8, 4) is 0 Å². The second-order valence-electron chi connectivity index (χ2n) is 4.78. The molecular formula is C11H13BrF3NO2S2. The largest absolute Gasteiger partial charge is 0.391 e. The lowest BCUT2D eigenvalue weighted by atomic mass is 9.86. The number of thiophene rings is 1. The van der Waals surface area contributed by atoms with Crippen molar-refractivity contribution in [1.82, 2.24) is 4.72 Å². The minimum atomic E-state index is -4.26. The van der Waals surface area contributed by atoms with Crippen LogP contribution in [0.4, 0.5) is 13.2 Å². The fraction of sp³-hybridized carbons (Fsp3) is 0.636. The van der Waals surface area contributed by atoms with Gasteiger partial charge in [0, 0.05) is 10.5 Å². The normalized spacial score (nSPS) is 24.8. The van der Waals surface area contributed by atoms with Gasteiger partial charge in [0.05, 0.1) is 5.92 Å². The molecule has 1 N–H and O–H groups in total. The van der Waals surface area contributed by atoms with E-state index in [1.54, 1.807) is 11.4 Å². The summed E-state index contributed by atoms with van der Waals surface area (Å²) in [5.74, 6) is -1.42. The number of nitrogens with one attached hydrogen (secondary N) is 1. The molecule has 0 spiro atoms. The molecule has 1 saturated carbocycles. The van der Waals surface area contributed by atoms with E-state index in [4.69, 9.17) is 0 Å². The number of alkyl halides is 3. The van der Waals surface area contributed by atoms with Crippen LogP contribution in [0.3, 0.4) is 0 Å². The van der Waals surface area contributed by atoms with Crippen molar-refractivity contribution in [2.24, 2.45) is 5.92 Å². The molecule has 1 aromatic heterocycles. The highest BCUT2D eigenvalue weighted by atomic mass is 79.9. The molecule has 20 heavy (non-hydrogen) atoms. The van der Waals surface area contributed by atoms with Crippen LogP contribution in [-0.4, -0.2) is 20.6 Å². The summed E-state index contributed by atoms with van der Waals surface area (Å²) in [5.41, 5.74) is 0. The number of rotatable bonds is 3. The van der Waals surface area contributed by atoms with E-state index < -0.39 is 28.2 Å². The molecule has 0 aromatic carbocycles. The van der Waals surface area contributed by atoms with Gasteiger partial charge in [-0.25, -0.2) is 13.1 Å². The minimum absolute atomic E-state index is 0.0738. The van der Waals surface area contributed by atoms with Crippen LogP contribution in [0.2, 0.25) is 0 Å². The Balaban J connectivity index is 2.08. The monoisotopic (exact) mass is 391 g/mol. The predicted molar refractivity (Wildman–Crippen MR) is 74.1 cm³/mol. The van der Waals surface area contributed by atoms with Crippen molar-refractivity contribution in [3.05, 3.63) is 15.9 Å². The average Bonchev–Trinajstić information content (AvgIpc) is 2.75. The van der Waals surface area contributed by atoms with E-state index in [2.05, 4.69) is 20.7 Å². The third kappa shape index (κ3) is 3.75. The lowest BCUT2D eigenvalue weighted by Gasteiger charge is -2.30. The SMILES string of the molecule is O=S(=O)(NC1CCCC(C(F)(F)F)C1)c1sccc1Br. The van der Waals surface area contributed by atoms with E-state index >= 15 is 0 Å². The van der Waals surface area contributed by atoms with E-state index in [0.29, 0.717) is 17.3 Å². The molecule has 2 unspecified atom stereocenters. The van der Waals surface area contributed by atoms with E-state index in [1.807, 2.05) is 0 Å². The molecule has 1 aromatic rings. The Morgan fingerprint density at radius 1 is 1.35 bits per heavy atom. The molecule has 0 bridgehead atoms. The van der Waals surface area contributed by atoms with Crippen molar-refractivity contribution < 1.29 is 21.6 Å². The Morgan fingerprint density at radius 2 is 2.05 bits per heavy atom. The van der Waals surface area contributed by atoms with Crippen LogP contribution in [0.25, 0.3) is 0 Å². The molecule has 1 aliphatic rings. The van der Waals surface area contributed by atoms with Crippen LogP contribution in [-0.2, 0) is 10.0 Å². The zero-order chi connectivity index (χ0) is 15.0. The number of halogens is 4. The highest BCUT2D eigenvalue weighted by Crippen LogP contribution is 2.38. The standard InChI is InChI=1S/C11H13BrF3NO2S2/c12-9-4-5-19-10(9)20(17,18)16-8-3-1-2-7(6-8)11(13,14)15/h4-5,7-8,16H,1-3,6H2. The summed E-state index contributed by atoms with van der Waals surface area (Å²) >= 11 is 4.15. The minimum Gasteiger partial charge on any atom is -0.207 e. The van der Waals surface area contributed by atoms with Gasteiger partial charge in [0.25, 0.3) is 10.0 Å². The third-order valence-corrected chi connectivity index (χ3v) is 7.48. The molecule has 2 rings (SSSR count). The van der Waals surface area contributed by atoms with Crippen LogP contribution < -0.4 is 4.72 Å². The van der Waals surface area contributed by atoms with E-state index in [0.717, 1.165) is 11.3 Å². The van der Waals surface area contributed by atoms with Crippen molar-refractivity contribution >= 4 is 37.3 Å². The van der Waals surface area contributed by atoms with Crippen LogP contribution >= 0.6 is 27.3 Å². The van der Waals surface area contributed by atoms with Gasteiger partial charge in [-0.3, -0.25) is 0 Å². The molecule has 0 amide bonds. The van der Waals surface area contributed by atoms with Gasteiger partial charge >= 0.3 is 6.18 Å². The maximum absolute atomic E-state index is 12.7. The summed E-state index contributed by atoms with van der Waals surface area (Å²) in [7, 11) is -3.76. The van der Waals surface area contributed by atoms with E-state index in [-0.39, 0.29) is 17.1 Å². The van der Waals surface area contributed by atoms with Crippen LogP contribution in [0.15, 0.2) is 20.1 Å². The first-order valence-electron chi connectivity index (χ1n) is 6.02. The maximum Gasteiger partial charge on any atom is 0.391 e. The summed E-state index contributed by atoms with van der Waals surface area (Å²) in [5, 5.41) is 1.61. The summed E-state index contributed by atoms with van der Waals surface area (Å²) in [6.45, 7) is 0. The molecule has 0 radical (unpaired) electrons. The smallest absolute Gasteiger partial charge is 0.207 e. The van der Waals surface area contributed by atoms with Gasteiger partial charge in [0.15, 0.2) is 0 Å². The number of sulfonamides is 1. The quantitative estimate of drug-likeness (QED) is 0.848. The predicted octanol–water partition coefficient (Wildman–Crippen LogP) is 3.91. The van der Waals surface area contributed by atoms with Gasteiger partial charge < -0.3 is 0 Å². The Kier molecular flexibility index (Phi) is 4.83. The van der Waals surface area contributed by atoms with Crippen molar-refractivity contribution in [2.45, 2.75) is 42.1 Å². The molecule has 1 fully saturated rings. The molecular weight excluding hydrogens is 379 g/mol. The van der Waals surface area contributed by atoms with Gasteiger partial charge in [0.2, 0.25) is 0 Å². The number of hydrogen-bond acceptors (Lipinski definition) is 3. The topological polar surface area (TPSA) is 46.2 Å². The molecule has 1 heterocycles. The zero-order valence-corrected chi connectivity index (χ0v) is 13.5. The van der Waals surface area contributed by atoms with Crippen molar-refractivity contribution in [3.63, 3.8) is 0 Å². The molecule has 9 heteroatoms. The molecule has 1 aliphatic carbocycles. The summed E-state index contributed by atoms with van der Waals surface area (Å²) < 4.78 is 65.3. The second-order valence-corrected chi connectivity index (χ2v) is 8.46. The van der Waals surface area contributed by atoms with Crippen LogP contribution in [0, 0.1) is 5.92 Å². The lowest BCUT2D eigenvalue weighted by Crippen LogP contribution is -2.41. The van der Waals surface area contributed by atoms with E-state index in [9.17, 15) is 21.6 Å². The van der Waals surface area contributed by atoms with Gasteiger partial charge in [-0.1, -0.05) is 6.42 Å². The van der Waals surface area contributed by atoms with Crippen molar-refractivity contribution in [2.75, 3.05) is 0 Å². The molecule has 3 nitrogen and oxygen atoms in total. The summed E-state index contributed by atoms with van der Waals surface area (Å²) in [6.07, 6.45) is -3.55. The highest BCUT2D eigenvalue weighted by molar-refractivity contribution is 9.10. The highest BCUT2D eigenvalue weighted by Gasteiger charge is 2.43. The van der Waals surface area contributed by atoms with Gasteiger partial charge in [-0.2, -0.15) is 13.2 Å². The van der Waals surface area contributed by atoms with E-state index in [1.165, 1.54) is 0 Å². The maximum atomic E-state index is 12.7. The second kappa shape index (κ2) is 5.94. The fourth-order valence-corrected chi connectivity index (χ4v) is 5.98. The first-order chi connectivity index (χ1) is 9.20. The fourth-order valence-electron chi connectivity index (χ4n) is 2.34. The third-order valence-electron chi connectivity index (χ3n) is 3.29. The van der Waals surface area contributed by atoms with Gasteiger partial charge in [0.1, 0.15) is 4.21 Å². The van der Waals surface area contributed by atoms with Gasteiger partial charge in [-0.15, -0.1) is 11.3 Å². The molecule has 0 aliphatic heterocycles. The number of hydrogen-bond donors (Lipinski definition) is 1. The first-order valence-corrected chi connectivity index (χ1v) is 9.18.